The molecule has 0 aliphatic carbocycles. The first-order chi connectivity index (χ1) is 10.2. The van der Waals surface area contributed by atoms with Gasteiger partial charge in [-0.15, -0.1) is 0 Å². The summed E-state index contributed by atoms with van der Waals surface area (Å²) in [6.07, 6.45) is 0. The van der Waals surface area contributed by atoms with Crippen LogP contribution in [-0.4, -0.2) is 17.2 Å². The number of nitrogens with zero attached hydrogens (tertiary/aromatic N) is 1. The van der Waals surface area contributed by atoms with E-state index >= 15 is 0 Å². The maximum atomic E-state index is 9.92. The number of ether oxygens (including phenoxy) is 1. The van der Waals surface area contributed by atoms with Gasteiger partial charge in [0.1, 0.15) is 17.3 Å². The number of hydrogen-bond acceptors (Lipinski definition) is 4. The Bertz CT molecular complexity index is 783. The number of phenolic OH excluding ortho intramolecular Hbond substituents is 1. The van der Waals surface area contributed by atoms with Gasteiger partial charge in [-0.25, -0.2) is 4.98 Å². The number of hydrogen-bond donors (Lipinski definition) is 2. The maximum Gasteiger partial charge on any atom is 0.131 e. The Labute approximate surface area is 123 Å². The van der Waals surface area contributed by atoms with Crippen LogP contribution in [0.3, 0.4) is 0 Å². The number of aromatic hydroxyl groups is 1. The van der Waals surface area contributed by atoms with Gasteiger partial charge in [0.15, 0.2) is 0 Å². The van der Waals surface area contributed by atoms with E-state index in [0.29, 0.717) is 0 Å². The number of pyridine rings is 1. The normalized spacial score (nSPS) is 10.6. The number of fused-ring (bicyclic) bond motifs is 1. The molecule has 1 heterocycles. The second kappa shape index (κ2) is 5.32. The lowest BCUT2D eigenvalue weighted by Gasteiger charge is -2.10. The molecule has 1 aromatic heterocycles. The number of methoxy groups -OCH3 is 1. The third-order valence-electron chi connectivity index (χ3n) is 3.37. The van der Waals surface area contributed by atoms with E-state index in [0.717, 1.165) is 33.7 Å². The van der Waals surface area contributed by atoms with E-state index in [-0.39, 0.29) is 5.75 Å². The van der Waals surface area contributed by atoms with Crippen LogP contribution in [-0.2, 0) is 0 Å². The van der Waals surface area contributed by atoms with Crippen LogP contribution in [0.25, 0.3) is 10.9 Å². The van der Waals surface area contributed by atoms with Crippen LogP contribution in [0.15, 0.2) is 48.5 Å². The van der Waals surface area contributed by atoms with Crippen molar-refractivity contribution in [3.8, 4) is 11.5 Å². The second-order valence-electron chi connectivity index (χ2n) is 4.85. The number of nitrogens with one attached hydrogen (secondary N) is 1. The first-order valence-corrected chi connectivity index (χ1v) is 6.68. The highest BCUT2D eigenvalue weighted by Gasteiger charge is 2.06. The number of aryl methyl sites for hydroxylation is 1. The van der Waals surface area contributed by atoms with Gasteiger partial charge in [-0.1, -0.05) is 6.07 Å². The number of aromatic nitrogens is 1. The molecule has 0 bridgehead atoms. The zero-order valence-corrected chi connectivity index (χ0v) is 11.9. The third-order valence-corrected chi connectivity index (χ3v) is 3.37. The Balaban J connectivity index is 1.97. The Morgan fingerprint density at radius 3 is 2.57 bits per heavy atom. The summed E-state index contributed by atoms with van der Waals surface area (Å²) >= 11 is 0. The van der Waals surface area contributed by atoms with Crippen LogP contribution in [0.4, 0.5) is 11.5 Å². The minimum Gasteiger partial charge on any atom is -0.507 e. The summed E-state index contributed by atoms with van der Waals surface area (Å²) in [6, 6.07) is 14.9. The average molecular weight is 280 g/mol. The third kappa shape index (κ3) is 2.60. The molecular weight excluding hydrogens is 264 g/mol. The molecule has 106 valence electrons. The Morgan fingerprint density at radius 2 is 1.86 bits per heavy atom. The van der Waals surface area contributed by atoms with Crippen LogP contribution in [0.1, 0.15) is 5.56 Å². The van der Waals surface area contributed by atoms with Gasteiger partial charge in [0, 0.05) is 11.1 Å². The van der Waals surface area contributed by atoms with Crippen molar-refractivity contribution in [1.82, 2.24) is 4.98 Å². The van der Waals surface area contributed by atoms with Crippen molar-refractivity contribution in [1.29, 1.82) is 0 Å². The van der Waals surface area contributed by atoms with E-state index < -0.39 is 0 Å². The molecule has 0 unspecified atom stereocenters. The van der Waals surface area contributed by atoms with Crippen LogP contribution in [0.5, 0.6) is 11.5 Å². The lowest BCUT2D eigenvalue weighted by molar-refractivity contribution is 0.415. The topological polar surface area (TPSA) is 54.4 Å². The Kier molecular flexibility index (Phi) is 3.36. The fraction of sp³-hybridized carbons (Fsp3) is 0.118. The maximum absolute atomic E-state index is 9.92. The summed E-state index contributed by atoms with van der Waals surface area (Å²) in [6.45, 7) is 1.96. The van der Waals surface area contributed by atoms with E-state index in [1.54, 1.807) is 19.2 Å². The van der Waals surface area contributed by atoms with Crippen molar-refractivity contribution in [2.75, 3.05) is 12.4 Å². The molecule has 4 heteroatoms. The van der Waals surface area contributed by atoms with Crippen molar-refractivity contribution in [3.05, 3.63) is 54.1 Å². The summed E-state index contributed by atoms with van der Waals surface area (Å²) < 4.78 is 5.14. The Hall–Kier alpha value is -2.75. The fourth-order valence-corrected chi connectivity index (χ4v) is 2.35. The van der Waals surface area contributed by atoms with Gasteiger partial charge < -0.3 is 15.2 Å². The summed E-state index contributed by atoms with van der Waals surface area (Å²) in [7, 11) is 1.64. The van der Waals surface area contributed by atoms with Gasteiger partial charge in [-0.3, -0.25) is 0 Å². The smallest absolute Gasteiger partial charge is 0.131 e. The molecule has 0 atom stereocenters. The van der Waals surface area contributed by atoms with Crippen molar-refractivity contribution in [2.24, 2.45) is 0 Å². The minimum atomic E-state index is 0.258. The average Bonchev–Trinajstić information content (AvgIpc) is 2.48. The molecule has 0 aliphatic rings. The second-order valence-corrected chi connectivity index (χ2v) is 4.85. The van der Waals surface area contributed by atoms with Gasteiger partial charge in [0.2, 0.25) is 0 Å². The van der Waals surface area contributed by atoms with Crippen molar-refractivity contribution >= 4 is 22.4 Å². The minimum absolute atomic E-state index is 0.258. The molecule has 3 aromatic rings. The highest BCUT2D eigenvalue weighted by Crippen LogP contribution is 2.29. The van der Waals surface area contributed by atoms with E-state index in [1.165, 1.54) is 0 Å². The summed E-state index contributed by atoms with van der Waals surface area (Å²) in [4.78, 5) is 4.53. The van der Waals surface area contributed by atoms with E-state index in [2.05, 4.69) is 10.3 Å². The van der Waals surface area contributed by atoms with Crippen molar-refractivity contribution < 1.29 is 9.84 Å². The van der Waals surface area contributed by atoms with Crippen LogP contribution < -0.4 is 10.1 Å². The summed E-state index contributed by atoms with van der Waals surface area (Å²) in [5.74, 6) is 1.82. The quantitative estimate of drug-likeness (QED) is 0.761. The van der Waals surface area contributed by atoms with Gasteiger partial charge in [0.05, 0.1) is 12.6 Å². The number of rotatable bonds is 3. The summed E-state index contributed by atoms with van der Waals surface area (Å²) in [5.41, 5.74) is 2.68. The molecule has 4 nitrogen and oxygen atoms in total. The number of phenols is 1. The molecule has 0 amide bonds. The first kappa shape index (κ1) is 13.2. The predicted molar refractivity (Wildman–Crippen MR) is 84.4 cm³/mol. The molecule has 0 fully saturated rings. The molecule has 3 rings (SSSR count). The molecule has 0 saturated carbocycles. The molecule has 2 aromatic carbocycles. The predicted octanol–water partition coefficient (Wildman–Crippen LogP) is 4.00. The van der Waals surface area contributed by atoms with Gasteiger partial charge in [-0.2, -0.15) is 0 Å². The van der Waals surface area contributed by atoms with Crippen molar-refractivity contribution in [3.63, 3.8) is 0 Å². The zero-order chi connectivity index (χ0) is 14.8. The van der Waals surface area contributed by atoms with Gasteiger partial charge in [0.25, 0.3) is 0 Å². The van der Waals surface area contributed by atoms with Crippen molar-refractivity contribution in [2.45, 2.75) is 6.92 Å². The standard InChI is InChI=1S/C17H16N2O2/c1-11-10-16(18-12-6-8-13(21-2)9-7-12)19-14-4-3-5-15(20)17(11)14/h3-10,20H,1-2H3,(H,18,19). The molecule has 21 heavy (non-hydrogen) atoms. The number of anilines is 2. The Morgan fingerprint density at radius 1 is 1.10 bits per heavy atom. The van der Waals surface area contributed by atoms with E-state index in [4.69, 9.17) is 4.74 Å². The molecular formula is C17H16N2O2. The van der Waals surface area contributed by atoms with Crippen LogP contribution >= 0.6 is 0 Å². The molecule has 0 saturated heterocycles. The SMILES string of the molecule is COc1ccc(Nc2cc(C)c3c(O)cccc3n2)cc1. The van der Waals surface area contributed by atoms with Gasteiger partial charge >= 0.3 is 0 Å². The largest absolute Gasteiger partial charge is 0.507 e. The monoisotopic (exact) mass is 280 g/mol. The van der Waals surface area contributed by atoms with E-state index in [9.17, 15) is 5.11 Å². The molecule has 0 radical (unpaired) electrons. The van der Waals surface area contributed by atoms with E-state index in [1.807, 2.05) is 43.3 Å². The lowest BCUT2D eigenvalue weighted by atomic mass is 10.1. The fourth-order valence-electron chi connectivity index (χ4n) is 2.35. The first-order valence-electron chi connectivity index (χ1n) is 6.68. The summed E-state index contributed by atoms with van der Waals surface area (Å²) in [5, 5.41) is 14.0. The van der Waals surface area contributed by atoms with Gasteiger partial charge in [-0.05, 0) is 55.0 Å². The van der Waals surface area contributed by atoms with Crippen LogP contribution in [0, 0.1) is 6.92 Å². The molecule has 2 N–H and O–H groups in total. The lowest BCUT2D eigenvalue weighted by Crippen LogP contribution is -1.95. The highest BCUT2D eigenvalue weighted by atomic mass is 16.5. The van der Waals surface area contributed by atoms with Crippen LogP contribution in [0.2, 0.25) is 0 Å². The molecule has 0 spiro atoms. The zero-order valence-electron chi connectivity index (χ0n) is 11.9. The molecule has 0 aliphatic heterocycles. The highest BCUT2D eigenvalue weighted by molar-refractivity contribution is 5.89. The number of benzene rings is 2.